The molecule has 5 rings (SSSR count). The lowest BCUT2D eigenvalue weighted by Gasteiger charge is -2.36. The summed E-state index contributed by atoms with van der Waals surface area (Å²) in [5.74, 6) is 1.52. The van der Waals surface area contributed by atoms with Crippen molar-refractivity contribution in [3.8, 4) is 5.69 Å². The highest BCUT2D eigenvalue weighted by Gasteiger charge is 2.21. The molecule has 0 aliphatic carbocycles. The van der Waals surface area contributed by atoms with Gasteiger partial charge in [-0.25, -0.2) is 9.97 Å². The number of anilines is 4. The van der Waals surface area contributed by atoms with E-state index in [1.165, 1.54) is 0 Å². The molecule has 0 amide bonds. The molecule has 0 spiro atoms. The summed E-state index contributed by atoms with van der Waals surface area (Å²) in [5.41, 5.74) is 9.23. The van der Waals surface area contributed by atoms with Crippen LogP contribution in [0.5, 0.6) is 0 Å². The van der Waals surface area contributed by atoms with Crippen LogP contribution in [0.4, 0.5) is 23.1 Å². The number of nitrogen functional groups attached to an aromatic ring is 1. The Morgan fingerprint density at radius 3 is 2.45 bits per heavy atom. The van der Waals surface area contributed by atoms with Crippen molar-refractivity contribution in [2.24, 2.45) is 0 Å². The fraction of sp³-hybridized carbons (Fsp3) is 0.261. The molecule has 4 aromatic rings. The van der Waals surface area contributed by atoms with Crippen LogP contribution < -0.4 is 21.3 Å². The van der Waals surface area contributed by atoms with Gasteiger partial charge in [-0.3, -0.25) is 0 Å². The van der Waals surface area contributed by atoms with Crippen LogP contribution in [0.15, 0.2) is 61.1 Å². The van der Waals surface area contributed by atoms with Crippen LogP contribution in [0.1, 0.15) is 13.8 Å². The summed E-state index contributed by atoms with van der Waals surface area (Å²) < 4.78 is 2.02. The van der Waals surface area contributed by atoms with Gasteiger partial charge in [0, 0.05) is 54.3 Å². The first kappa shape index (κ1) is 19.3. The quantitative estimate of drug-likeness (QED) is 0.441. The Morgan fingerprint density at radius 2 is 1.74 bits per heavy atom. The number of nitrogens with zero attached hydrogens (tertiary/aromatic N) is 5. The summed E-state index contributed by atoms with van der Waals surface area (Å²) in [5, 5.41) is 7.79. The van der Waals surface area contributed by atoms with Crippen molar-refractivity contribution in [2.75, 3.05) is 29.0 Å². The Labute approximate surface area is 181 Å². The van der Waals surface area contributed by atoms with Gasteiger partial charge in [0.05, 0.1) is 11.9 Å². The van der Waals surface area contributed by atoms with E-state index >= 15 is 0 Å². The summed E-state index contributed by atoms with van der Waals surface area (Å²) in [6, 6.07) is 14.7. The molecule has 0 saturated carbocycles. The van der Waals surface area contributed by atoms with Crippen LogP contribution in [0.2, 0.25) is 0 Å². The fourth-order valence-corrected chi connectivity index (χ4v) is 4.11. The summed E-state index contributed by atoms with van der Waals surface area (Å²) in [6.45, 7) is 6.30. The summed E-state index contributed by atoms with van der Waals surface area (Å²) >= 11 is 0. The van der Waals surface area contributed by atoms with Gasteiger partial charge in [-0.1, -0.05) is 0 Å². The number of hydrogen-bond donors (Lipinski definition) is 3. The standard InChI is InChI=1S/C23H26N8/c1-15-13-30(14-16(2)27-15)21-8-5-19(12-25-21)28-23-26-11-17-9-10-31(22(17)29-23)20-6-3-18(24)4-7-20/h3-12,15-16,27H,13-14,24H2,1-2H3,(H,26,28,29)/t15-,16+. The lowest BCUT2D eigenvalue weighted by molar-refractivity contribution is 0.405. The molecule has 3 aromatic heterocycles. The predicted octanol–water partition coefficient (Wildman–Crippen LogP) is 3.33. The van der Waals surface area contributed by atoms with Crippen LogP contribution in [0.25, 0.3) is 16.7 Å². The SMILES string of the molecule is C[C@@H]1CN(c2ccc(Nc3ncc4ccn(-c5ccc(N)cc5)c4n3)cn2)C[C@H](C)N1. The summed E-state index contributed by atoms with van der Waals surface area (Å²) in [6.07, 6.45) is 5.64. The number of fused-ring (bicyclic) bond motifs is 1. The van der Waals surface area contributed by atoms with E-state index < -0.39 is 0 Å². The zero-order valence-electron chi connectivity index (χ0n) is 17.7. The molecule has 0 radical (unpaired) electrons. The highest BCUT2D eigenvalue weighted by molar-refractivity contribution is 5.79. The first-order chi connectivity index (χ1) is 15.0. The maximum Gasteiger partial charge on any atom is 0.229 e. The second-order valence-corrected chi connectivity index (χ2v) is 8.15. The molecule has 31 heavy (non-hydrogen) atoms. The number of nitrogens with one attached hydrogen (secondary N) is 2. The van der Waals surface area contributed by atoms with Crippen molar-refractivity contribution in [1.29, 1.82) is 0 Å². The van der Waals surface area contributed by atoms with E-state index in [1.807, 2.05) is 65.6 Å². The number of hydrogen-bond acceptors (Lipinski definition) is 7. The average molecular weight is 415 g/mol. The lowest BCUT2D eigenvalue weighted by Crippen LogP contribution is -2.54. The Hall–Kier alpha value is -3.65. The molecule has 8 heteroatoms. The molecule has 158 valence electrons. The Balaban J connectivity index is 1.37. The zero-order valence-corrected chi connectivity index (χ0v) is 17.7. The van der Waals surface area contributed by atoms with Gasteiger partial charge in [-0.15, -0.1) is 0 Å². The number of aromatic nitrogens is 4. The smallest absolute Gasteiger partial charge is 0.229 e. The van der Waals surface area contributed by atoms with Crippen molar-refractivity contribution in [2.45, 2.75) is 25.9 Å². The first-order valence-corrected chi connectivity index (χ1v) is 10.5. The van der Waals surface area contributed by atoms with Gasteiger partial charge >= 0.3 is 0 Å². The number of pyridine rings is 1. The third-order valence-electron chi connectivity index (χ3n) is 5.48. The highest BCUT2D eigenvalue weighted by Crippen LogP contribution is 2.23. The minimum absolute atomic E-state index is 0.445. The van der Waals surface area contributed by atoms with Gasteiger partial charge in [-0.2, -0.15) is 4.98 Å². The van der Waals surface area contributed by atoms with Crippen LogP contribution in [0.3, 0.4) is 0 Å². The molecule has 8 nitrogen and oxygen atoms in total. The van der Waals surface area contributed by atoms with E-state index in [0.717, 1.165) is 47.0 Å². The normalized spacial score (nSPS) is 19.0. The van der Waals surface area contributed by atoms with Crippen LogP contribution >= 0.6 is 0 Å². The fourth-order valence-electron chi connectivity index (χ4n) is 4.11. The van der Waals surface area contributed by atoms with Crippen LogP contribution in [-0.2, 0) is 0 Å². The monoisotopic (exact) mass is 414 g/mol. The molecule has 4 heterocycles. The molecule has 1 aliphatic heterocycles. The van der Waals surface area contributed by atoms with Gasteiger partial charge in [0.15, 0.2) is 0 Å². The van der Waals surface area contributed by atoms with E-state index in [9.17, 15) is 0 Å². The molecular weight excluding hydrogens is 388 g/mol. The Morgan fingerprint density at radius 1 is 0.968 bits per heavy atom. The summed E-state index contributed by atoms with van der Waals surface area (Å²) in [7, 11) is 0. The molecule has 0 unspecified atom stereocenters. The van der Waals surface area contributed by atoms with E-state index in [0.29, 0.717) is 18.0 Å². The van der Waals surface area contributed by atoms with E-state index in [-0.39, 0.29) is 0 Å². The van der Waals surface area contributed by atoms with Crippen molar-refractivity contribution in [3.63, 3.8) is 0 Å². The Bertz CT molecular complexity index is 1170. The maximum atomic E-state index is 5.82. The van der Waals surface area contributed by atoms with Gasteiger partial charge in [0.25, 0.3) is 0 Å². The Kier molecular flexibility index (Phi) is 4.91. The third kappa shape index (κ3) is 4.02. The van der Waals surface area contributed by atoms with Gasteiger partial charge < -0.3 is 25.8 Å². The van der Waals surface area contributed by atoms with Crippen molar-refractivity contribution >= 4 is 34.2 Å². The highest BCUT2D eigenvalue weighted by atomic mass is 15.3. The molecule has 1 saturated heterocycles. The van der Waals surface area contributed by atoms with Gasteiger partial charge in [-0.05, 0) is 56.3 Å². The van der Waals surface area contributed by atoms with Crippen molar-refractivity contribution < 1.29 is 0 Å². The topological polar surface area (TPSA) is 96.9 Å². The van der Waals surface area contributed by atoms with Crippen LogP contribution in [-0.4, -0.2) is 44.7 Å². The molecule has 1 fully saturated rings. The summed E-state index contributed by atoms with van der Waals surface area (Å²) in [4.78, 5) is 16.2. The van der Waals surface area contributed by atoms with E-state index in [4.69, 9.17) is 10.7 Å². The maximum absolute atomic E-state index is 5.82. The van der Waals surface area contributed by atoms with Gasteiger partial charge in [0.1, 0.15) is 11.5 Å². The first-order valence-electron chi connectivity index (χ1n) is 10.5. The minimum Gasteiger partial charge on any atom is -0.399 e. The zero-order chi connectivity index (χ0) is 21.4. The number of benzene rings is 1. The van der Waals surface area contributed by atoms with Crippen LogP contribution in [0, 0.1) is 0 Å². The number of nitrogens with two attached hydrogens (primary N) is 1. The number of rotatable bonds is 4. The minimum atomic E-state index is 0.445. The molecule has 1 aromatic carbocycles. The lowest BCUT2D eigenvalue weighted by atomic mass is 10.1. The second kappa shape index (κ2) is 7.88. The third-order valence-corrected chi connectivity index (χ3v) is 5.48. The van der Waals surface area contributed by atoms with Gasteiger partial charge in [0.2, 0.25) is 5.95 Å². The predicted molar refractivity (Wildman–Crippen MR) is 125 cm³/mol. The largest absolute Gasteiger partial charge is 0.399 e. The molecule has 1 aliphatic rings. The van der Waals surface area contributed by atoms with Crippen molar-refractivity contribution in [1.82, 2.24) is 24.8 Å². The molecule has 2 atom stereocenters. The molecular formula is C23H26N8. The molecule has 4 N–H and O–H groups in total. The van der Waals surface area contributed by atoms with Crippen molar-refractivity contribution in [3.05, 3.63) is 61.1 Å². The van der Waals surface area contributed by atoms with E-state index in [2.05, 4.69) is 39.3 Å². The molecule has 0 bridgehead atoms. The average Bonchev–Trinajstić information content (AvgIpc) is 3.17. The number of piperazine rings is 1. The second-order valence-electron chi connectivity index (χ2n) is 8.15. The van der Waals surface area contributed by atoms with E-state index in [1.54, 1.807) is 0 Å².